The van der Waals surface area contributed by atoms with Crippen molar-refractivity contribution in [1.82, 2.24) is 30.7 Å². The zero-order valence-corrected chi connectivity index (χ0v) is 79.6. The van der Waals surface area contributed by atoms with Gasteiger partial charge in [-0.3, -0.25) is 57.6 Å². The molecule has 2 aromatic rings. The van der Waals surface area contributed by atoms with E-state index in [1.807, 2.05) is 67.3 Å². The van der Waals surface area contributed by atoms with Gasteiger partial charge in [0.15, 0.2) is 37.5 Å². The number of amides is 4. The van der Waals surface area contributed by atoms with Gasteiger partial charge in [-0.1, -0.05) is 154 Å². The summed E-state index contributed by atoms with van der Waals surface area (Å²) in [6, 6.07) is 4.57. The Bertz CT molecular complexity index is 3300. The van der Waals surface area contributed by atoms with Gasteiger partial charge >= 0.3 is 35.8 Å². The molecule has 13 atom stereocenters. The third-order valence-corrected chi connectivity index (χ3v) is 24.3. The van der Waals surface area contributed by atoms with Crippen LogP contribution in [0.3, 0.4) is 0 Å². The van der Waals surface area contributed by atoms with Crippen LogP contribution >= 0.6 is 32.9 Å². The highest BCUT2D eigenvalue weighted by Crippen LogP contribution is 2.34. The third kappa shape index (κ3) is 53.4. The minimum Gasteiger partial charge on any atom is -0.508 e. The lowest BCUT2D eigenvalue weighted by Crippen LogP contribution is -2.59. The fourth-order valence-electron chi connectivity index (χ4n) is 13.1. The van der Waals surface area contributed by atoms with Gasteiger partial charge in [-0.05, 0) is 126 Å². The molecule has 1 aromatic heterocycles. The quantitative estimate of drug-likeness (QED) is 0.00742. The average Bonchev–Trinajstić information content (AvgIpc) is 1.28. The molecule has 1 aliphatic rings. The van der Waals surface area contributed by atoms with Crippen molar-refractivity contribution >= 4 is 98.2 Å². The van der Waals surface area contributed by atoms with Crippen LogP contribution in [-0.2, 0) is 106 Å². The number of nitrogens with zero attached hydrogens (tertiary/aromatic N) is 3. The van der Waals surface area contributed by atoms with Gasteiger partial charge in [0.1, 0.15) is 48.9 Å². The minimum absolute atomic E-state index is 0.0137. The number of methoxy groups -OCH3 is 3. The van der Waals surface area contributed by atoms with Gasteiger partial charge < -0.3 is 104 Å². The number of unbranched alkanes of at least 4 members (excludes halogenated alkanes) is 8. The van der Waals surface area contributed by atoms with Gasteiger partial charge in [0.25, 0.3) is 0 Å². The molecule has 1 saturated heterocycles. The van der Waals surface area contributed by atoms with Gasteiger partial charge in [0.05, 0.1) is 50.8 Å². The summed E-state index contributed by atoms with van der Waals surface area (Å²) in [6.45, 7) is 18.3. The van der Waals surface area contributed by atoms with E-state index in [1.165, 1.54) is 52.4 Å². The Kier molecular flexibility index (Phi) is 67.1. The second-order valence-electron chi connectivity index (χ2n) is 31.6. The van der Waals surface area contributed by atoms with E-state index >= 15 is 0 Å². The molecule has 126 heavy (non-hydrogen) atoms. The predicted octanol–water partition coefficient (Wildman–Crippen LogP) is 10.9. The number of aromatic nitrogens is 1. The molecule has 0 spiro atoms. The molecule has 37 heteroatoms. The summed E-state index contributed by atoms with van der Waals surface area (Å²) < 4.78 is 58.1. The fourth-order valence-corrected chi connectivity index (χ4v) is 15.9. The number of aliphatic hydroxyl groups excluding tert-OH is 4. The number of esters is 5. The summed E-state index contributed by atoms with van der Waals surface area (Å²) >= 11 is 1.13. The number of ether oxygens (including phenoxy) is 11. The van der Waals surface area contributed by atoms with Crippen LogP contribution in [0.15, 0.2) is 29.6 Å². The lowest BCUT2D eigenvalue weighted by molar-refractivity contribution is -0.194. The molecule has 3 rings (SSSR count). The Morgan fingerprint density at radius 1 is 0.619 bits per heavy atom. The number of aromatic hydroxyl groups is 1. The maximum Gasteiger partial charge on any atom is 0.325 e. The zero-order valence-electron chi connectivity index (χ0n) is 77.2. The highest BCUT2D eigenvalue weighted by atomic mass is 33.1. The number of carbonyl (C=O) groups excluding carboxylic acids is 10. The summed E-state index contributed by atoms with van der Waals surface area (Å²) in [5.74, 6) is -4.87. The second kappa shape index (κ2) is 72.0. The maximum absolute atomic E-state index is 15.0. The largest absolute Gasteiger partial charge is 0.508 e. The van der Waals surface area contributed by atoms with Crippen molar-refractivity contribution in [2.24, 2.45) is 23.7 Å². The normalized spacial score (nSPS) is 15.6. The van der Waals surface area contributed by atoms with E-state index in [0.29, 0.717) is 68.7 Å². The number of phenols is 1. The van der Waals surface area contributed by atoms with E-state index in [4.69, 9.17) is 77.5 Å². The molecular weight excluding hydrogens is 1700 g/mol. The lowest BCUT2D eigenvalue weighted by Gasteiger charge is -2.39. The van der Waals surface area contributed by atoms with Crippen molar-refractivity contribution in [3.8, 4) is 5.75 Å². The Balaban J connectivity index is 0.00000222. The Labute approximate surface area is 758 Å². The number of Topliss-reactive ketones (excluding diaryl/α,β-unsaturated/α-hetero) is 1. The van der Waals surface area contributed by atoms with Gasteiger partial charge in [0, 0.05) is 109 Å². The maximum atomic E-state index is 15.0. The van der Waals surface area contributed by atoms with Crippen LogP contribution in [0.4, 0.5) is 0 Å². The van der Waals surface area contributed by atoms with Crippen molar-refractivity contribution in [2.75, 3.05) is 112 Å². The van der Waals surface area contributed by atoms with Gasteiger partial charge in [0.2, 0.25) is 23.6 Å². The number of likely N-dealkylation sites (tertiary alicyclic amines) is 1. The summed E-state index contributed by atoms with van der Waals surface area (Å²) in [6.07, 6.45) is 13.2. The molecule has 0 bridgehead atoms. The summed E-state index contributed by atoms with van der Waals surface area (Å²) in [5, 5.41) is 64.7. The molecule has 0 saturated carbocycles. The molecule has 7 unspecified atom stereocenters. The van der Waals surface area contributed by atoms with Crippen molar-refractivity contribution in [3.63, 3.8) is 0 Å². The van der Waals surface area contributed by atoms with Gasteiger partial charge in [-0.15, -0.1) is 11.3 Å². The molecular formula is C89H152N6O28S3. The number of phenolic OH excluding ortho intramolecular Hbond substituents is 1. The fraction of sp³-hybridized carbons (Fsp3) is 0.775. The number of rotatable bonds is 69. The molecule has 1 fully saturated rings. The highest BCUT2D eigenvalue weighted by molar-refractivity contribution is 8.76. The first-order valence-electron chi connectivity index (χ1n) is 44.7. The predicted molar refractivity (Wildman–Crippen MR) is 479 cm³/mol. The number of carboxylic acids is 1. The van der Waals surface area contributed by atoms with Crippen molar-refractivity contribution in [3.05, 3.63) is 45.9 Å². The number of carbonyl (C=O) groups is 11. The number of nitrogens with one attached hydrogen (secondary N) is 3. The molecule has 1 aliphatic heterocycles. The van der Waals surface area contributed by atoms with Crippen LogP contribution in [-0.4, -0.2) is 278 Å². The summed E-state index contributed by atoms with van der Waals surface area (Å²) in [7, 11) is 9.59. The Morgan fingerprint density at radius 3 is 1.68 bits per heavy atom. The van der Waals surface area contributed by atoms with Crippen LogP contribution in [0.1, 0.15) is 270 Å². The molecule has 0 radical (unpaired) electrons. The van der Waals surface area contributed by atoms with E-state index in [0.717, 1.165) is 80.6 Å². The van der Waals surface area contributed by atoms with E-state index in [-0.39, 0.29) is 175 Å². The number of aliphatic carboxylic acids is 1. The van der Waals surface area contributed by atoms with E-state index in [2.05, 4.69) is 16.0 Å². The Hall–Kier alpha value is -6.72. The van der Waals surface area contributed by atoms with E-state index < -0.39 is 104 Å². The van der Waals surface area contributed by atoms with Gasteiger partial charge in [-0.2, -0.15) is 0 Å². The highest BCUT2D eigenvalue weighted by Gasteiger charge is 2.40. The molecule has 1 aromatic carbocycles. The van der Waals surface area contributed by atoms with Crippen LogP contribution in [0, 0.1) is 23.7 Å². The molecule has 2 heterocycles. The van der Waals surface area contributed by atoms with Crippen LogP contribution in [0.5, 0.6) is 5.75 Å². The Morgan fingerprint density at radius 2 is 1.17 bits per heavy atom. The lowest BCUT2D eigenvalue weighted by atomic mass is 9.85. The number of likely N-dealkylation sites (N-methyl/N-ethyl adjacent to an activating group) is 1. The summed E-state index contributed by atoms with van der Waals surface area (Å²) in [5.41, 5.74) is 0.961. The topological polar surface area (TPSA) is 466 Å². The average molecular weight is 1850 g/mol. The first-order chi connectivity index (χ1) is 60.3. The van der Waals surface area contributed by atoms with Crippen LogP contribution < -0.4 is 16.0 Å². The van der Waals surface area contributed by atoms with Gasteiger partial charge in [-0.25, -0.2) is 4.98 Å². The monoisotopic (exact) mass is 1850 g/mol. The first-order valence-corrected chi connectivity index (χ1v) is 48.1. The zero-order chi connectivity index (χ0) is 94.2. The molecule has 0 aliphatic carbocycles. The standard InChI is InChI=1S/C70H114N6O17S3.C12H22O7.C7H16O4/c1-11-26-62(82)91-47-76(70(87)66(49(6)12-2)74-68(86)57-27-21-23-35-75(57)9)58(48(4)5)42-60(92-51(8)78)69-73-56(46-94-69)59(80)41-53(40-52-30-32-54(79)33-31-52)39-50(7)67(85)72-43-64(84)89-36-38-96-95-37-24-20-18-16-14-15-17-19-22-34-71-61(81)28-25-29-63(83)90-45-65(88-10)93-55(13-3)44-77;1-3-9(7-13)19-12(17-2)8-18-11(16)6-4-5-10(14)15;1-3-6(4-8)11-7(5-9)10-2/h30-33,46,48-50,53,55,57-58,60,65-66,77,79H,11-29,34-45,47H2,1-10H3,(H,71,81)(H,72,85)(H,74,86);9,12-13H,3-8H2,1-2H3,(H,14,15);6-9H,3-5H2,1-2H3/t49-,50+,53-,55?,57?,58-,60-,65?,66+;;/m1../s1. The smallest absolute Gasteiger partial charge is 0.325 e. The number of thiazole rings is 1. The van der Waals surface area contributed by atoms with Crippen molar-refractivity contribution < 1.29 is 135 Å². The number of piperidine rings is 1. The van der Waals surface area contributed by atoms with Crippen LogP contribution in [0.2, 0.25) is 0 Å². The number of carboxylic acid groups (broad SMARTS) is 1. The molecule has 9 N–H and O–H groups in total. The number of hydrogen-bond donors (Lipinski definition) is 9. The van der Waals surface area contributed by atoms with Crippen molar-refractivity contribution in [2.45, 2.75) is 310 Å². The van der Waals surface area contributed by atoms with E-state index in [1.54, 1.807) is 58.2 Å². The molecule has 4 amide bonds. The molecule has 34 nitrogen and oxygen atoms in total. The number of ketones is 1. The molecule has 724 valence electrons. The first kappa shape index (κ1) is 117. The summed E-state index contributed by atoms with van der Waals surface area (Å²) in [4.78, 5) is 149. The number of benzene rings is 1. The third-order valence-electron chi connectivity index (χ3n) is 20.9. The SMILES string of the molecule is CCC(CO)OC(CO)OC.CCC(CO)OC(COC(=O)CCCC(=O)O)OC.CCCC(=O)OCN(C(=O)[C@@H](NC(=O)C1CCCCN1C)[C@H](C)CC)[C@H](C[C@@H](OC(C)=O)c1nc(C(=O)C[C@@H](Cc2ccc(O)cc2)C[C@H](C)C(=O)NCC(=O)OCCSSCCCCCCCCCCCNC(=O)CCCC(=O)OCC(OC)OC(CC)CO)cs1)C(C)C. The van der Waals surface area contributed by atoms with Crippen molar-refractivity contribution in [1.29, 1.82) is 0 Å². The number of hydrogen-bond acceptors (Lipinski definition) is 32. The van der Waals surface area contributed by atoms with Crippen LogP contribution in [0.25, 0.3) is 0 Å². The minimum atomic E-state index is -1.02. The second-order valence-corrected chi connectivity index (χ2v) is 35.2. The number of aliphatic hydroxyl groups is 4. The van der Waals surface area contributed by atoms with E-state index in [9.17, 15) is 63.0 Å².